The number of nitrogens with zero attached hydrogens (tertiary/aromatic N) is 1. The Hall–Kier alpha value is -3.28. The van der Waals surface area contributed by atoms with Crippen molar-refractivity contribution in [1.82, 2.24) is 4.90 Å². The molecule has 2 aromatic carbocycles. The normalized spacial score (nSPS) is 17.5. The average molecular weight is 452 g/mol. The summed E-state index contributed by atoms with van der Waals surface area (Å²) in [5.41, 5.74) is 2.19. The number of carbonyl (C=O) groups is 2. The molecule has 1 saturated heterocycles. The molecule has 1 amide bonds. The van der Waals surface area contributed by atoms with Gasteiger partial charge in [0.25, 0.3) is 11.7 Å². The predicted molar refractivity (Wildman–Crippen MR) is 128 cm³/mol. The lowest BCUT2D eigenvalue weighted by atomic mass is 9.94. The second-order valence-electron chi connectivity index (χ2n) is 8.18. The molecule has 1 fully saturated rings. The van der Waals surface area contributed by atoms with Crippen molar-refractivity contribution in [3.8, 4) is 11.5 Å². The molecule has 1 atom stereocenters. The molecule has 0 aromatic heterocycles. The number of aliphatic hydroxyl groups excluding tert-OH is 1. The maximum Gasteiger partial charge on any atom is 0.295 e. The molecule has 0 saturated carbocycles. The summed E-state index contributed by atoms with van der Waals surface area (Å²) in [6.45, 7) is 9.44. The van der Waals surface area contributed by atoms with Crippen LogP contribution in [0.15, 0.2) is 48.0 Å². The van der Waals surface area contributed by atoms with Crippen LogP contribution in [-0.4, -0.2) is 41.5 Å². The Morgan fingerprint density at radius 2 is 1.73 bits per heavy atom. The highest BCUT2D eigenvalue weighted by Crippen LogP contribution is 2.40. The van der Waals surface area contributed by atoms with Crippen molar-refractivity contribution in [2.24, 2.45) is 0 Å². The average Bonchev–Trinajstić information content (AvgIpc) is 3.06. The summed E-state index contributed by atoms with van der Waals surface area (Å²) in [6, 6.07) is 12.0. The van der Waals surface area contributed by atoms with Gasteiger partial charge in [-0.05, 0) is 68.1 Å². The Bertz CT molecular complexity index is 1030. The standard InChI is InChI=1S/C27H33NO5/c1-5-8-16-33-21-12-9-19(10-13-21)24-23(26(30)27(31)28(24)15-6-2)25(29)20-11-14-22(32-7-3)18(4)17-20/h9-14,17,24,29H,5-8,15-16H2,1-4H3/b25-23-. The van der Waals surface area contributed by atoms with Gasteiger partial charge in [0, 0.05) is 12.1 Å². The van der Waals surface area contributed by atoms with Gasteiger partial charge in [-0.3, -0.25) is 9.59 Å². The molecule has 1 unspecified atom stereocenters. The number of amides is 1. The largest absolute Gasteiger partial charge is 0.507 e. The first-order valence-electron chi connectivity index (χ1n) is 11.7. The quantitative estimate of drug-likeness (QED) is 0.226. The highest BCUT2D eigenvalue weighted by molar-refractivity contribution is 6.46. The van der Waals surface area contributed by atoms with E-state index in [0.717, 1.165) is 35.5 Å². The van der Waals surface area contributed by atoms with E-state index in [-0.39, 0.29) is 11.3 Å². The number of ether oxygens (including phenoxy) is 2. The maximum atomic E-state index is 13.0. The summed E-state index contributed by atoms with van der Waals surface area (Å²) in [4.78, 5) is 27.4. The zero-order valence-electron chi connectivity index (χ0n) is 19.9. The SMILES string of the molecule is CCCCOc1ccc(C2/C(=C(/O)c3ccc(OCC)c(C)c3)C(=O)C(=O)N2CCC)cc1. The van der Waals surface area contributed by atoms with E-state index in [9.17, 15) is 14.7 Å². The number of ketones is 1. The van der Waals surface area contributed by atoms with Gasteiger partial charge in [0.15, 0.2) is 0 Å². The van der Waals surface area contributed by atoms with Crippen LogP contribution in [0.5, 0.6) is 11.5 Å². The summed E-state index contributed by atoms with van der Waals surface area (Å²) in [7, 11) is 0. The Labute approximate surface area is 195 Å². The highest BCUT2D eigenvalue weighted by Gasteiger charge is 2.45. The lowest BCUT2D eigenvalue weighted by Gasteiger charge is -2.25. The molecule has 33 heavy (non-hydrogen) atoms. The number of likely N-dealkylation sites (tertiary alicyclic amines) is 1. The number of benzene rings is 2. The van der Waals surface area contributed by atoms with Crippen LogP contribution >= 0.6 is 0 Å². The topological polar surface area (TPSA) is 76.1 Å². The van der Waals surface area contributed by atoms with E-state index in [1.54, 1.807) is 23.1 Å². The van der Waals surface area contributed by atoms with Gasteiger partial charge in [-0.2, -0.15) is 0 Å². The van der Waals surface area contributed by atoms with Crippen LogP contribution in [0.1, 0.15) is 62.8 Å². The monoisotopic (exact) mass is 451 g/mol. The van der Waals surface area contributed by atoms with E-state index in [4.69, 9.17) is 9.47 Å². The number of hydrogen-bond acceptors (Lipinski definition) is 5. The third-order valence-corrected chi connectivity index (χ3v) is 5.72. The van der Waals surface area contributed by atoms with Gasteiger partial charge in [-0.15, -0.1) is 0 Å². The zero-order valence-corrected chi connectivity index (χ0v) is 19.9. The van der Waals surface area contributed by atoms with Crippen LogP contribution in [0.2, 0.25) is 0 Å². The summed E-state index contributed by atoms with van der Waals surface area (Å²) >= 11 is 0. The number of aryl methyl sites for hydroxylation is 1. The molecule has 1 heterocycles. The van der Waals surface area contributed by atoms with Crippen LogP contribution in [0.25, 0.3) is 5.76 Å². The molecule has 0 aliphatic carbocycles. The molecule has 6 nitrogen and oxygen atoms in total. The minimum atomic E-state index is -0.666. The maximum absolute atomic E-state index is 13.0. The van der Waals surface area contributed by atoms with Crippen LogP contribution in [0.4, 0.5) is 0 Å². The van der Waals surface area contributed by atoms with Gasteiger partial charge in [0.2, 0.25) is 0 Å². The third-order valence-electron chi connectivity index (χ3n) is 5.72. The fourth-order valence-electron chi connectivity index (χ4n) is 4.05. The lowest BCUT2D eigenvalue weighted by Crippen LogP contribution is -2.30. The molecule has 1 aliphatic rings. The Kier molecular flexibility index (Phi) is 8.15. The highest BCUT2D eigenvalue weighted by atomic mass is 16.5. The smallest absolute Gasteiger partial charge is 0.295 e. The van der Waals surface area contributed by atoms with Crippen LogP contribution in [0.3, 0.4) is 0 Å². The number of Topliss-reactive ketones (excluding diaryl/α,β-unsaturated/α-hetero) is 1. The molecule has 3 rings (SSSR count). The first-order valence-corrected chi connectivity index (χ1v) is 11.7. The van der Waals surface area contributed by atoms with Crippen molar-refractivity contribution < 1.29 is 24.2 Å². The van der Waals surface area contributed by atoms with E-state index in [2.05, 4.69) is 6.92 Å². The minimum absolute atomic E-state index is 0.108. The zero-order chi connectivity index (χ0) is 24.0. The molecule has 1 N–H and O–H groups in total. The third kappa shape index (κ3) is 5.21. The fourth-order valence-corrected chi connectivity index (χ4v) is 4.05. The summed E-state index contributed by atoms with van der Waals surface area (Å²) < 4.78 is 11.3. The van der Waals surface area contributed by atoms with Crippen molar-refractivity contribution in [3.63, 3.8) is 0 Å². The van der Waals surface area contributed by atoms with E-state index in [1.807, 2.05) is 45.0 Å². The van der Waals surface area contributed by atoms with Crippen molar-refractivity contribution in [2.75, 3.05) is 19.8 Å². The fraction of sp³-hybridized carbons (Fsp3) is 0.407. The molecule has 0 spiro atoms. The minimum Gasteiger partial charge on any atom is -0.507 e. The van der Waals surface area contributed by atoms with Gasteiger partial charge >= 0.3 is 0 Å². The van der Waals surface area contributed by atoms with Crippen molar-refractivity contribution in [2.45, 2.75) is 53.0 Å². The van der Waals surface area contributed by atoms with Crippen LogP contribution in [0, 0.1) is 6.92 Å². The Balaban J connectivity index is 2.03. The summed E-state index contributed by atoms with van der Waals surface area (Å²) in [5.74, 6) is 0.0268. The van der Waals surface area contributed by atoms with Crippen LogP contribution in [-0.2, 0) is 9.59 Å². The molecule has 0 radical (unpaired) electrons. The second-order valence-corrected chi connectivity index (χ2v) is 8.18. The Morgan fingerprint density at radius 3 is 2.33 bits per heavy atom. The molecule has 176 valence electrons. The van der Waals surface area contributed by atoms with E-state index in [0.29, 0.717) is 31.7 Å². The molecular weight excluding hydrogens is 418 g/mol. The van der Waals surface area contributed by atoms with Gasteiger partial charge in [-0.25, -0.2) is 0 Å². The molecular formula is C27H33NO5. The molecule has 1 aliphatic heterocycles. The molecule has 0 bridgehead atoms. The van der Waals surface area contributed by atoms with E-state index >= 15 is 0 Å². The Morgan fingerprint density at radius 1 is 1.00 bits per heavy atom. The van der Waals surface area contributed by atoms with Crippen molar-refractivity contribution in [3.05, 3.63) is 64.7 Å². The van der Waals surface area contributed by atoms with Gasteiger partial charge < -0.3 is 19.5 Å². The van der Waals surface area contributed by atoms with Crippen LogP contribution < -0.4 is 9.47 Å². The van der Waals surface area contributed by atoms with Gasteiger partial charge in [0.05, 0.1) is 24.8 Å². The lowest BCUT2D eigenvalue weighted by molar-refractivity contribution is -0.139. The summed E-state index contributed by atoms with van der Waals surface area (Å²) in [5, 5.41) is 11.2. The first-order chi connectivity index (χ1) is 15.9. The number of carbonyl (C=O) groups excluding carboxylic acids is 2. The molecule has 6 heteroatoms. The second kappa shape index (κ2) is 11.0. The van der Waals surface area contributed by atoms with Crippen molar-refractivity contribution >= 4 is 17.4 Å². The number of unbranched alkanes of at least 4 members (excludes halogenated alkanes) is 1. The number of aliphatic hydroxyl groups is 1. The predicted octanol–water partition coefficient (Wildman–Crippen LogP) is 5.40. The van der Waals surface area contributed by atoms with E-state index in [1.165, 1.54) is 0 Å². The van der Waals surface area contributed by atoms with Gasteiger partial charge in [-0.1, -0.05) is 32.4 Å². The number of hydrogen-bond donors (Lipinski definition) is 1. The van der Waals surface area contributed by atoms with Gasteiger partial charge in [0.1, 0.15) is 17.3 Å². The first kappa shape index (κ1) is 24.4. The summed E-state index contributed by atoms with van der Waals surface area (Å²) in [6.07, 6.45) is 2.72. The van der Waals surface area contributed by atoms with E-state index < -0.39 is 17.7 Å². The van der Waals surface area contributed by atoms with Crippen molar-refractivity contribution in [1.29, 1.82) is 0 Å². The molecule has 2 aromatic rings. The number of rotatable bonds is 10.